The monoisotopic (exact) mass is 380 g/mol. The largest absolute Gasteiger partial charge is 0.463 e. The number of carbonyl (C=O) groups is 1. The molecule has 0 aliphatic heterocycles. The van der Waals surface area contributed by atoms with Gasteiger partial charge in [0.15, 0.2) is 0 Å². The first-order chi connectivity index (χ1) is 13.6. The molecule has 0 aromatic heterocycles. The molecule has 0 aliphatic rings. The number of ether oxygens (including phenoxy) is 1. The maximum Gasteiger partial charge on any atom is 0.331 e. The van der Waals surface area contributed by atoms with Crippen LogP contribution in [0.15, 0.2) is 71.9 Å². The molecule has 152 valence electrons. The SMILES string of the molecule is CCCCCCCCCOC(=O)C=C(C)C=CC=C(C)C=Cc1ccccc1. The van der Waals surface area contributed by atoms with Crippen LogP contribution in [0.3, 0.4) is 0 Å². The molecule has 0 radical (unpaired) electrons. The van der Waals surface area contributed by atoms with Crippen LogP contribution in [0.5, 0.6) is 0 Å². The van der Waals surface area contributed by atoms with E-state index in [1.165, 1.54) is 37.7 Å². The molecular weight excluding hydrogens is 344 g/mol. The van der Waals surface area contributed by atoms with Crippen LogP contribution < -0.4 is 0 Å². The van der Waals surface area contributed by atoms with Gasteiger partial charge in [0.05, 0.1) is 6.61 Å². The van der Waals surface area contributed by atoms with Crippen molar-refractivity contribution >= 4 is 12.0 Å². The Morgan fingerprint density at radius 2 is 1.57 bits per heavy atom. The van der Waals surface area contributed by atoms with Gasteiger partial charge in [-0.25, -0.2) is 4.79 Å². The van der Waals surface area contributed by atoms with E-state index < -0.39 is 0 Å². The van der Waals surface area contributed by atoms with Crippen molar-refractivity contribution in [2.75, 3.05) is 6.61 Å². The minimum atomic E-state index is -0.252. The van der Waals surface area contributed by atoms with Crippen LogP contribution in [-0.2, 0) is 9.53 Å². The number of esters is 1. The van der Waals surface area contributed by atoms with Crippen LogP contribution in [0.4, 0.5) is 0 Å². The van der Waals surface area contributed by atoms with E-state index in [1.807, 2.05) is 43.4 Å². The van der Waals surface area contributed by atoms with E-state index in [4.69, 9.17) is 4.74 Å². The number of unbranched alkanes of at least 4 members (excludes halogenated alkanes) is 6. The smallest absolute Gasteiger partial charge is 0.331 e. The van der Waals surface area contributed by atoms with Crippen molar-refractivity contribution in [2.45, 2.75) is 65.7 Å². The molecule has 0 fully saturated rings. The summed E-state index contributed by atoms with van der Waals surface area (Å²) in [7, 11) is 0. The Morgan fingerprint density at radius 3 is 2.29 bits per heavy atom. The van der Waals surface area contributed by atoms with Gasteiger partial charge in [-0.1, -0.05) is 112 Å². The van der Waals surface area contributed by atoms with Crippen molar-refractivity contribution in [3.63, 3.8) is 0 Å². The highest BCUT2D eigenvalue weighted by Crippen LogP contribution is 2.08. The molecule has 2 nitrogen and oxygen atoms in total. The molecule has 0 atom stereocenters. The number of hydrogen-bond donors (Lipinski definition) is 0. The number of hydrogen-bond acceptors (Lipinski definition) is 2. The summed E-state index contributed by atoms with van der Waals surface area (Å²) in [5, 5.41) is 0. The third-order valence-electron chi connectivity index (χ3n) is 4.39. The van der Waals surface area contributed by atoms with Crippen molar-refractivity contribution < 1.29 is 9.53 Å². The van der Waals surface area contributed by atoms with E-state index in [0.717, 1.165) is 24.0 Å². The van der Waals surface area contributed by atoms with Crippen molar-refractivity contribution in [1.29, 1.82) is 0 Å². The highest BCUT2D eigenvalue weighted by atomic mass is 16.5. The van der Waals surface area contributed by atoms with Crippen LogP contribution >= 0.6 is 0 Å². The topological polar surface area (TPSA) is 26.3 Å². The molecule has 0 heterocycles. The molecule has 1 aromatic carbocycles. The van der Waals surface area contributed by atoms with Gasteiger partial charge in [-0.3, -0.25) is 0 Å². The summed E-state index contributed by atoms with van der Waals surface area (Å²) in [5.41, 5.74) is 3.22. The standard InChI is InChI=1S/C26H36O2/c1-4-5-6-7-8-9-13-21-28-26(27)22-24(3)16-14-15-23(2)19-20-25-17-11-10-12-18-25/h10-12,14-20,22H,4-9,13,21H2,1-3H3. The lowest BCUT2D eigenvalue weighted by molar-refractivity contribution is -0.137. The second kappa shape index (κ2) is 15.7. The van der Waals surface area contributed by atoms with Crippen molar-refractivity contribution in [2.24, 2.45) is 0 Å². The summed E-state index contributed by atoms with van der Waals surface area (Å²) >= 11 is 0. The molecule has 1 rings (SSSR count). The summed E-state index contributed by atoms with van der Waals surface area (Å²) < 4.78 is 5.28. The third kappa shape index (κ3) is 12.9. The molecule has 0 amide bonds. The van der Waals surface area contributed by atoms with Gasteiger partial charge in [-0.05, 0) is 31.4 Å². The molecular formula is C26H36O2. The highest BCUT2D eigenvalue weighted by molar-refractivity contribution is 5.83. The van der Waals surface area contributed by atoms with Gasteiger partial charge in [-0.15, -0.1) is 0 Å². The van der Waals surface area contributed by atoms with E-state index in [0.29, 0.717) is 6.61 Å². The molecule has 0 spiro atoms. The maximum atomic E-state index is 11.8. The van der Waals surface area contributed by atoms with Gasteiger partial charge >= 0.3 is 5.97 Å². The Labute approximate surface area is 171 Å². The van der Waals surface area contributed by atoms with Crippen molar-refractivity contribution in [1.82, 2.24) is 0 Å². The lowest BCUT2D eigenvalue weighted by Gasteiger charge is -2.03. The minimum Gasteiger partial charge on any atom is -0.463 e. The molecule has 0 bridgehead atoms. The van der Waals surface area contributed by atoms with Gasteiger partial charge in [-0.2, -0.15) is 0 Å². The van der Waals surface area contributed by atoms with E-state index in [1.54, 1.807) is 6.08 Å². The summed E-state index contributed by atoms with van der Waals surface area (Å²) in [6, 6.07) is 10.2. The second-order valence-electron chi connectivity index (χ2n) is 7.19. The minimum absolute atomic E-state index is 0.252. The molecule has 28 heavy (non-hydrogen) atoms. The van der Waals surface area contributed by atoms with Crippen LogP contribution in [0.2, 0.25) is 0 Å². The Kier molecular flexibility index (Phi) is 13.3. The Morgan fingerprint density at radius 1 is 0.893 bits per heavy atom. The number of benzene rings is 1. The zero-order valence-corrected chi connectivity index (χ0v) is 17.8. The summed E-state index contributed by atoms with van der Waals surface area (Å²) in [6.07, 6.45) is 20.2. The zero-order valence-electron chi connectivity index (χ0n) is 17.8. The van der Waals surface area contributed by atoms with Crippen molar-refractivity contribution in [3.05, 3.63) is 77.4 Å². The fourth-order valence-corrected chi connectivity index (χ4v) is 2.71. The molecule has 0 aliphatic carbocycles. The van der Waals surface area contributed by atoms with Gasteiger partial charge in [0.25, 0.3) is 0 Å². The lowest BCUT2D eigenvalue weighted by Crippen LogP contribution is -2.03. The summed E-state index contributed by atoms with van der Waals surface area (Å²) in [6.45, 7) is 6.71. The van der Waals surface area contributed by atoms with Gasteiger partial charge < -0.3 is 4.74 Å². The lowest BCUT2D eigenvalue weighted by atomic mass is 10.1. The highest BCUT2D eigenvalue weighted by Gasteiger charge is 1.98. The number of allylic oxidation sites excluding steroid dienone is 6. The molecule has 0 N–H and O–H groups in total. The van der Waals surface area contributed by atoms with Gasteiger partial charge in [0, 0.05) is 6.08 Å². The van der Waals surface area contributed by atoms with Crippen LogP contribution in [0.1, 0.15) is 71.3 Å². The predicted molar refractivity (Wildman–Crippen MR) is 121 cm³/mol. The molecule has 1 aromatic rings. The van der Waals surface area contributed by atoms with E-state index >= 15 is 0 Å². The normalized spacial score (nSPS) is 12.8. The van der Waals surface area contributed by atoms with Gasteiger partial charge in [0.1, 0.15) is 0 Å². The quantitative estimate of drug-likeness (QED) is 0.154. The van der Waals surface area contributed by atoms with E-state index in [2.05, 4.69) is 38.1 Å². The molecule has 0 saturated heterocycles. The molecule has 0 unspecified atom stereocenters. The average Bonchev–Trinajstić information content (AvgIpc) is 2.69. The number of carbonyl (C=O) groups excluding carboxylic acids is 1. The van der Waals surface area contributed by atoms with Crippen LogP contribution in [0, 0.1) is 0 Å². The molecule has 2 heteroatoms. The number of rotatable bonds is 13. The van der Waals surface area contributed by atoms with E-state index in [-0.39, 0.29) is 5.97 Å². The Hall–Kier alpha value is -2.35. The fraction of sp³-hybridized carbons (Fsp3) is 0.423. The maximum absolute atomic E-state index is 11.8. The third-order valence-corrected chi connectivity index (χ3v) is 4.39. The Balaban J connectivity index is 2.26. The first-order valence-corrected chi connectivity index (χ1v) is 10.5. The zero-order chi connectivity index (χ0) is 20.5. The Bertz CT molecular complexity index is 663. The first kappa shape index (κ1) is 23.7. The summed E-state index contributed by atoms with van der Waals surface area (Å²) in [4.78, 5) is 11.8. The predicted octanol–water partition coefficient (Wildman–Crippen LogP) is 7.44. The van der Waals surface area contributed by atoms with Crippen molar-refractivity contribution in [3.8, 4) is 0 Å². The fourth-order valence-electron chi connectivity index (χ4n) is 2.71. The second-order valence-corrected chi connectivity index (χ2v) is 7.19. The summed E-state index contributed by atoms with van der Waals surface area (Å²) in [5.74, 6) is -0.252. The van der Waals surface area contributed by atoms with Gasteiger partial charge in [0.2, 0.25) is 0 Å². The average molecular weight is 381 g/mol. The van der Waals surface area contributed by atoms with Crippen LogP contribution in [-0.4, -0.2) is 12.6 Å². The molecule has 0 saturated carbocycles. The van der Waals surface area contributed by atoms with Crippen LogP contribution in [0.25, 0.3) is 6.08 Å². The first-order valence-electron chi connectivity index (χ1n) is 10.5. The van der Waals surface area contributed by atoms with E-state index in [9.17, 15) is 4.79 Å².